The van der Waals surface area contributed by atoms with Crippen LogP contribution in [0.25, 0.3) is 22.8 Å². The van der Waals surface area contributed by atoms with Crippen molar-refractivity contribution in [2.45, 2.75) is 38.3 Å². The van der Waals surface area contributed by atoms with E-state index >= 15 is 0 Å². The van der Waals surface area contributed by atoms with Gasteiger partial charge in [0.2, 0.25) is 0 Å². The lowest BCUT2D eigenvalue weighted by molar-refractivity contribution is -0.143. The van der Waals surface area contributed by atoms with Crippen LogP contribution in [0.3, 0.4) is 0 Å². The zero-order valence-electron chi connectivity index (χ0n) is 18.3. The van der Waals surface area contributed by atoms with Crippen molar-refractivity contribution in [1.29, 1.82) is 0 Å². The molecule has 1 aliphatic carbocycles. The van der Waals surface area contributed by atoms with Crippen molar-refractivity contribution in [3.05, 3.63) is 77.4 Å². The van der Waals surface area contributed by atoms with Gasteiger partial charge in [-0.1, -0.05) is 32.0 Å². The lowest BCUT2D eigenvalue weighted by Crippen LogP contribution is -2.18. The topological polar surface area (TPSA) is 85.8 Å². The third-order valence-corrected chi connectivity index (χ3v) is 6.11. The third-order valence-electron chi connectivity index (χ3n) is 6.11. The van der Waals surface area contributed by atoms with Crippen LogP contribution in [0, 0.1) is 0 Å². The summed E-state index contributed by atoms with van der Waals surface area (Å²) >= 11 is 0. The molecule has 0 saturated carbocycles. The number of benzene rings is 1. The molecule has 1 aliphatic rings. The van der Waals surface area contributed by atoms with Crippen molar-refractivity contribution in [2.75, 3.05) is 0 Å². The zero-order chi connectivity index (χ0) is 24.3. The Labute approximate surface area is 192 Å². The quantitative estimate of drug-likeness (QED) is 0.453. The standard InChI is InChI=1S/C24H20F3N5O2/c1-23(2)10-9-15-12-28-31(20(15)23)16-6-3-5-14(11-16)18-7-4-8-19(30-18)32-21(24(25,26)27)17(13-29-32)22(33)34/h3-8,11-13H,9-10H2,1-2H3,(H,33,34). The van der Waals surface area contributed by atoms with E-state index in [-0.39, 0.29) is 11.2 Å². The van der Waals surface area contributed by atoms with Gasteiger partial charge in [-0.2, -0.15) is 23.4 Å². The van der Waals surface area contributed by atoms with E-state index < -0.39 is 23.4 Å². The minimum Gasteiger partial charge on any atom is -0.478 e. The average Bonchev–Trinajstić information content (AvgIpc) is 3.49. The third kappa shape index (κ3) is 3.55. The van der Waals surface area contributed by atoms with E-state index in [0.717, 1.165) is 24.2 Å². The number of carboxylic acid groups (broad SMARTS) is 1. The number of rotatable bonds is 4. The lowest BCUT2D eigenvalue weighted by Gasteiger charge is -2.21. The van der Waals surface area contributed by atoms with Gasteiger partial charge in [-0.3, -0.25) is 0 Å². The Morgan fingerprint density at radius 1 is 1.06 bits per heavy atom. The Bertz CT molecular complexity index is 1420. The highest BCUT2D eigenvalue weighted by molar-refractivity contribution is 5.89. The second kappa shape index (κ2) is 7.54. The Hall–Kier alpha value is -3.95. The minimum absolute atomic E-state index is 0.0179. The molecule has 0 unspecified atom stereocenters. The molecule has 0 amide bonds. The molecule has 0 saturated heterocycles. The monoisotopic (exact) mass is 467 g/mol. The fourth-order valence-corrected chi connectivity index (χ4v) is 4.50. The molecule has 34 heavy (non-hydrogen) atoms. The number of carbonyl (C=O) groups is 1. The molecule has 7 nitrogen and oxygen atoms in total. The first kappa shape index (κ1) is 21.9. The minimum atomic E-state index is -4.92. The molecule has 10 heteroatoms. The molecule has 3 aromatic heterocycles. The fraction of sp³-hybridized carbons (Fsp3) is 0.250. The number of aromatic carboxylic acids is 1. The smallest absolute Gasteiger partial charge is 0.434 e. The van der Waals surface area contributed by atoms with Crippen LogP contribution in [-0.2, 0) is 18.0 Å². The number of carboxylic acids is 1. The normalized spacial score (nSPS) is 14.9. The predicted octanol–water partition coefficient (Wildman–Crippen LogP) is 5.06. The summed E-state index contributed by atoms with van der Waals surface area (Å²) in [5.41, 5.74) is 1.95. The number of halogens is 3. The van der Waals surface area contributed by atoms with Crippen LogP contribution in [-0.4, -0.2) is 35.6 Å². The summed E-state index contributed by atoms with van der Waals surface area (Å²) in [5, 5.41) is 17.4. The maximum atomic E-state index is 13.6. The van der Waals surface area contributed by atoms with Crippen molar-refractivity contribution in [3.63, 3.8) is 0 Å². The van der Waals surface area contributed by atoms with Crippen molar-refractivity contribution >= 4 is 5.97 Å². The maximum absolute atomic E-state index is 13.6. The molecule has 0 spiro atoms. The Kier molecular flexibility index (Phi) is 4.85. The van der Waals surface area contributed by atoms with Gasteiger partial charge in [-0.15, -0.1) is 0 Å². The first-order chi connectivity index (χ1) is 16.1. The maximum Gasteiger partial charge on any atom is 0.434 e. The van der Waals surface area contributed by atoms with Crippen LogP contribution >= 0.6 is 0 Å². The number of aromatic nitrogens is 5. The van der Waals surface area contributed by atoms with Gasteiger partial charge in [0, 0.05) is 11.0 Å². The van der Waals surface area contributed by atoms with Crippen molar-refractivity contribution in [3.8, 4) is 22.8 Å². The number of hydrogen-bond acceptors (Lipinski definition) is 4. The van der Waals surface area contributed by atoms with Gasteiger partial charge >= 0.3 is 12.1 Å². The second-order valence-corrected chi connectivity index (χ2v) is 8.87. The second-order valence-electron chi connectivity index (χ2n) is 8.87. The van der Waals surface area contributed by atoms with E-state index in [1.54, 1.807) is 18.2 Å². The Morgan fingerprint density at radius 2 is 1.79 bits per heavy atom. The molecule has 1 N–H and O–H groups in total. The van der Waals surface area contributed by atoms with Crippen molar-refractivity contribution in [2.24, 2.45) is 0 Å². The van der Waals surface area contributed by atoms with Gasteiger partial charge in [-0.05, 0) is 42.7 Å². The van der Waals surface area contributed by atoms with E-state index in [1.165, 1.54) is 11.6 Å². The molecule has 0 bridgehead atoms. The molecule has 1 aromatic carbocycles. The number of alkyl halides is 3. The summed E-state index contributed by atoms with van der Waals surface area (Å²) in [7, 11) is 0. The summed E-state index contributed by atoms with van der Waals surface area (Å²) in [4.78, 5) is 15.7. The zero-order valence-corrected chi connectivity index (χ0v) is 18.3. The van der Waals surface area contributed by atoms with E-state index in [0.29, 0.717) is 22.1 Å². The summed E-state index contributed by atoms with van der Waals surface area (Å²) in [5.74, 6) is -1.85. The first-order valence-electron chi connectivity index (χ1n) is 10.6. The Morgan fingerprint density at radius 3 is 2.53 bits per heavy atom. The SMILES string of the molecule is CC1(C)CCc2cnn(-c3cccc(-c4cccc(-n5ncc(C(=O)O)c5C(F)(F)F)n4)c3)c21. The van der Waals surface area contributed by atoms with Gasteiger partial charge in [0.05, 0.1) is 29.5 Å². The van der Waals surface area contributed by atoms with Crippen LogP contribution < -0.4 is 0 Å². The lowest BCUT2D eigenvalue weighted by atomic mass is 9.90. The van der Waals surface area contributed by atoms with Gasteiger partial charge in [0.25, 0.3) is 0 Å². The molecule has 4 aromatic rings. The van der Waals surface area contributed by atoms with Crippen molar-refractivity contribution in [1.82, 2.24) is 24.5 Å². The highest BCUT2D eigenvalue weighted by atomic mass is 19.4. The van der Waals surface area contributed by atoms with Crippen molar-refractivity contribution < 1.29 is 23.1 Å². The average molecular weight is 467 g/mol. The van der Waals surface area contributed by atoms with Crippen LogP contribution in [0.5, 0.6) is 0 Å². The molecule has 0 atom stereocenters. The molecule has 0 aliphatic heterocycles. The molecular weight excluding hydrogens is 447 g/mol. The van der Waals surface area contributed by atoms with E-state index in [4.69, 9.17) is 5.11 Å². The summed E-state index contributed by atoms with van der Waals surface area (Å²) < 4.78 is 43.3. The number of nitrogens with zero attached hydrogens (tertiary/aromatic N) is 5. The van der Waals surface area contributed by atoms with Crippen LogP contribution in [0.15, 0.2) is 54.9 Å². The molecule has 0 radical (unpaired) electrons. The largest absolute Gasteiger partial charge is 0.478 e. The number of fused-ring (bicyclic) bond motifs is 1. The van der Waals surface area contributed by atoms with Crippen LogP contribution in [0.1, 0.15) is 47.6 Å². The molecule has 5 rings (SSSR count). The van der Waals surface area contributed by atoms with Crippen LogP contribution in [0.2, 0.25) is 0 Å². The van der Waals surface area contributed by atoms with Crippen LogP contribution in [0.4, 0.5) is 13.2 Å². The molecule has 174 valence electrons. The molecule has 0 fully saturated rings. The summed E-state index contributed by atoms with van der Waals surface area (Å²) in [6.07, 6.45) is -0.357. The van der Waals surface area contributed by atoms with Gasteiger partial charge in [-0.25, -0.2) is 19.1 Å². The number of hydrogen-bond donors (Lipinski definition) is 1. The van der Waals surface area contributed by atoms with E-state index in [1.807, 2.05) is 29.1 Å². The predicted molar refractivity (Wildman–Crippen MR) is 117 cm³/mol. The summed E-state index contributed by atoms with van der Waals surface area (Å²) in [6, 6.07) is 12.0. The summed E-state index contributed by atoms with van der Waals surface area (Å²) in [6.45, 7) is 4.36. The number of aryl methyl sites for hydroxylation is 1. The van der Waals surface area contributed by atoms with E-state index in [9.17, 15) is 18.0 Å². The molecule has 3 heterocycles. The highest BCUT2D eigenvalue weighted by Gasteiger charge is 2.41. The Balaban J connectivity index is 1.58. The fourth-order valence-electron chi connectivity index (χ4n) is 4.50. The van der Waals surface area contributed by atoms with Gasteiger partial charge in [0.15, 0.2) is 11.5 Å². The number of pyridine rings is 1. The first-order valence-corrected chi connectivity index (χ1v) is 10.6. The highest BCUT2D eigenvalue weighted by Crippen LogP contribution is 2.39. The van der Waals surface area contributed by atoms with Gasteiger partial charge in [0.1, 0.15) is 5.56 Å². The molecular formula is C24H20F3N5O2. The van der Waals surface area contributed by atoms with E-state index in [2.05, 4.69) is 29.0 Å². The van der Waals surface area contributed by atoms with Gasteiger partial charge < -0.3 is 5.11 Å².